The first-order valence-electron chi connectivity index (χ1n) is 6.71. The number of nitrogens with one attached hydrogen (secondary N) is 1. The highest BCUT2D eigenvalue weighted by atomic mass is 16.4. The molecule has 5 heteroatoms. The van der Waals surface area contributed by atoms with Crippen LogP contribution in [-0.2, 0) is 4.79 Å². The van der Waals surface area contributed by atoms with Crippen molar-refractivity contribution in [2.45, 2.75) is 32.2 Å². The average molecular weight is 274 g/mol. The Kier molecular flexibility index (Phi) is 4.50. The third kappa shape index (κ3) is 3.91. The molecule has 2 atom stereocenters. The molecule has 0 spiro atoms. The number of hydrogen-bond donors (Lipinski definition) is 2. The van der Waals surface area contributed by atoms with Crippen LogP contribution in [0.3, 0.4) is 0 Å². The Morgan fingerprint density at radius 1 is 1.40 bits per heavy atom. The van der Waals surface area contributed by atoms with Gasteiger partial charge in [-0.1, -0.05) is 6.92 Å². The number of amides is 1. The van der Waals surface area contributed by atoms with Crippen molar-refractivity contribution in [3.05, 3.63) is 35.7 Å². The fraction of sp³-hybridized carbons (Fsp3) is 0.400. The SMILES string of the molecule is CC1CCC(NC(=O)c2cncc(/C=C/C(=O)O)c2)C1. The van der Waals surface area contributed by atoms with Gasteiger partial charge in [-0.2, -0.15) is 0 Å². The fourth-order valence-corrected chi connectivity index (χ4v) is 2.45. The maximum Gasteiger partial charge on any atom is 0.328 e. The van der Waals surface area contributed by atoms with Crippen LogP contribution >= 0.6 is 0 Å². The van der Waals surface area contributed by atoms with Crippen LogP contribution < -0.4 is 5.32 Å². The second kappa shape index (κ2) is 6.32. The first-order valence-corrected chi connectivity index (χ1v) is 6.71. The van der Waals surface area contributed by atoms with Crippen LogP contribution in [0.25, 0.3) is 6.08 Å². The van der Waals surface area contributed by atoms with E-state index in [1.165, 1.54) is 18.5 Å². The summed E-state index contributed by atoms with van der Waals surface area (Å²) in [5, 5.41) is 11.6. The smallest absolute Gasteiger partial charge is 0.328 e. The molecule has 1 fully saturated rings. The summed E-state index contributed by atoms with van der Waals surface area (Å²) in [5.74, 6) is -0.523. The lowest BCUT2D eigenvalue weighted by Crippen LogP contribution is -2.32. The molecule has 0 aliphatic heterocycles. The molecule has 1 aliphatic carbocycles. The zero-order valence-corrected chi connectivity index (χ0v) is 11.4. The van der Waals surface area contributed by atoms with Crippen molar-refractivity contribution in [2.75, 3.05) is 0 Å². The molecule has 106 valence electrons. The quantitative estimate of drug-likeness (QED) is 0.824. The van der Waals surface area contributed by atoms with E-state index in [2.05, 4.69) is 17.2 Å². The van der Waals surface area contributed by atoms with Gasteiger partial charge in [0.15, 0.2) is 0 Å². The lowest BCUT2D eigenvalue weighted by Gasteiger charge is -2.12. The summed E-state index contributed by atoms with van der Waals surface area (Å²) >= 11 is 0. The number of carbonyl (C=O) groups excluding carboxylic acids is 1. The molecule has 0 aromatic carbocycles. The second-order valence-corrected chi connectivity index (χ2v) is 5.27. The minimum Gasteiger partial charge on any atom is -0.478 e. The van der Waals surface area contributed by atoms with Gasteiger partial charge in [-0.3, -0.25) is 9.78 Å². The van der Waals surface area contributed by atoms with Gasteiger partial charge in [-0.25, -0.2) is 4.79 Å². The van der Waals surface area contributed by atoms with E-state index in [1.54, 1.807) is 6.07 Å². The Morgan fingerprint density at radius 3 is 2.85 bits per heavy atom. The van der Waals surface area contributed by atoms with Crippen LogP contribution in [-0.4, -0.2) is 28.0 Å². The van der Waals surface area contributed by atoms with Crippen LogP contribution in [0.15, 0.2) is 24.5 Å². The molecule has 1 heterocycles. The van der Waals surface area contributed by atoms with Gasteiger partial charge in [0.2, 0.25) is 0 Å². The van der Waals surface area contributed by atoms with E-state index in [9.17, 15) is 9.59 Å². The first kappa shape index (κ1) is 14.2. The van der Waals surface area contributed by atoms with Gasteiger partial charge in [0, 0.05) is 24.5 Å². The Balaban J connectivity index is 2.02. The molecule has 1 aromatic heterocycles. The van der Waals surface area contributed by atoms with Crippen LogP contribution in [0.1, 0.15) is 42.1 Å². The average Bonchev–Trinajstić information content (AvgIpc) is 2.82. The van der Waals surface area contributed by atoms with Crippen LogP contribution in [0.5, 0.6) is 0 Å². The summed E-state index contributed by atoms with van der Waals surface area (Å²) in [6, 6.07) is 1.87. The number of aliphatic carboxylic acids is 1. The highest BCUT2D eigenvalue weighted by molar-refractivity contribution is 5.95. The summed E-state index contributed by atoms with van der Waals surface area (Å²) in [6.45, 7) is 2.19. The van der Waals surface area contributed by atoms with Crippen LogP contribution in [0.2, 0.25) is 0 Å². The van der Waals surface area contributed by atoms with Crippen molar-refractivity contribution < 1.29 is 14.7 Å². The summed E-state index contributed by atoms with van der Waals surface area (Å²) < 4.78 is 0. The number of pyridine rings is 1. The first-order chi connectivity index (χ1) is 9.54. The van der Waals surface area contributed by atoms with Crippen molar-refractivity contribution in [1.82, 2.24) is 10.3 Å². The number of nitrogens with zero attached hydrogens (tertiary/aromatic N) is 1. The Hall–Kier alpha value is -2.17. The van der Waals surface area contributed by atoms with Crippen molar-refractivity contribution in [1.29, 1.82) is 0 Å². The molecule has 20 heavy (non-hydrogen) atoms. The van der Waals surface area contributed by atoms with Gasteiger partial charge in [0.05, 0.1) is 5.56 Å². The van der Waals surface area contributed by atoms with E-state index in [0.29, 0.717) is 17.0 Å². The molecule has 1 aromatic rings. The molecular formula is C15H18N2O3. The largest absolute Gasteiger partial charge is 0.478 e. The molecule has 1 amide bonds. The van der Waals surface area contributed by atoms with Crippen molar-refractivity contribution >= 4 is 18.0 Å². The fourth-order valence-electron chi connectivity index (χ4n) is 2.45. The monoisotopic (exact) mass is 274 g/mol. The normalized spacial score (nSPS) is 22.1. The highest BCUT2D eigenvalue weighted by Crippen LogP contribution is 2.24. The van der Waals surface area contributed by atoms with E-state index in [0.717, 1.165) is 25.3 Å². The van der Waals surface area contributed by atoms with Gasteiger partial charge in [0.25, 0.3) is 5.91 Å². The van der Waals surface area contributed by atoms with E-state index in [-0.39, 0.29) is 11.9 Å². The van der Waals surface area contributed by atoms with Gasteiger partial charge >= 0.3 is 5.97 Å². The molecule has 2 unspecified atom stereocenters. The Morgan fingerprint density at radius 2 is 2.20 bits per heavy atom. The number of rotatable bonds is 4. The topological polar surface area (TPSA) is 79.3 Å². The summed E-state index contributed by atoms with van der Waals surface area (Å²) in [7, 11) is 0. The molecular weight excluding hydrogens is 256 g/mol. The zero-order valence-electron chi connectivity index (χ0n) is 11.4. The molecule has 0 bridgehead atoms. The molecule has 0 saturated heterocycles. The van der Waals surface area contributed by atoms with Crippen LogP contribution in [0, 0.1) is 5.92 Å². The molecule has 5 nitrogen and oxygen atoms in total. The minimum atomic E-state index is -1.03. The third-order valence-corrected chi connectivity index (χ3v) is 3.47. The van der Waals surface area contributed by atoms with E-state index >= 15 is 0 Å². The van der Waals surface area contributed by atoms with Gasteiger partial charge < -0.3 is 10.4 Å². The van der Waals surface area contributed by atoms with E-state index in [4.69, 9.17) is 5.11 Å². The van der Waals surface area contributed by atoms with Gasteiger partial charge in [0.1, 0.15) is 0 Å². The number of carbonyl (C=O) groups is 2. The van der Waals surface area contributed by atoms with Crippen LogP contribution in [0.4, 0.5) is 0 Å². The molecule has 2 N–H and O–H groups in total. The number of aromatic nitrogens is 1. The third-order valence-electron chi connectivity index (χ3n) is 3.47. The summed E-state index contributed by atoms with van der Waals surface area (Å²) in [4.78, 5) is 26.5. The van der Waals surface area contributed by atoms with Crippen molar-refractivity contribution in [3.63, 3.8) is 0 Å². The number of hydrogen-bond acceptors (Lipinski definition) is 3. The van der Waals surface area contributed by atoms with Gasteiger partial charge in [-0.15, -0.1) is 0 Å². The summed E-state index contributed by atoms with van der Waals surface area (Å²) in [6.07, 6.45) is 8.63. The molecule has 1 saturated carbocycles. The predicted molar refractivity (Wildman–Crippen MR) is 75.2 cm³/mol. The maximum absolute atomic E-state index is 12.1. The standard InChI is InChI=1S/C15H18N2O3/c1-10-2-4-13(6-10)17-15(20)12-7-11(8-16-9-12)3-5-14(18)19/h3,5,7-10,13H,2,4,6H2,1H3,(H,17,20)(H,18,19)/b5-3+. The van der Waals surface area contributed by atoms with E-state index < -0.39 is 5.97 Å². The van der Waals surface area contributed by atoms with E-state index in [1.807, 2.05) is 0 Å². The maximum atomic E-state index is 12.1. The lowest BCUT2D eigenvalue weighted by atomic mass is 10.1. The second-order valence-electron chi connectivity index (χ2n) is 5.27. The van der Waals surface area contributed by atoms with Crippen molar-refractivity contribution in [3.8, 4) is 0 Å². The number of carboxylic acids is 1. The number of carboxylic acid groups (broad SMARTS) is 1. The zero-order chi connectivity index (χ0) is 14.5. The van der Waals surface area contributed by atoms with Gasteiger partial charge in [-0.05, 0) is 42.9 Å². The Bertz CT molecular complexity index is 540. The summed E-state index contributed by atoms with van der Waals surface area (Å²) in [5.41, 5.74) is 1.05. The molecule has 0 radical (unpaired) electrons. The molecule has 2 rings (SSSR count). The lowest BCUT2D eigenvalue weighted by molar-refractivity contribution is -0.131. The minimum absolute atomic E-state index is 0.151. The predicted octanol–water partition coefficient (Wildman–Crippen LogP) is 2.10. The van der Waals surface area contributed by atoms with Crippen molar-refractivity contribution in [2.24, 2.45) is 5.92 Å². The highest BCUT2D eigenvalue weighted by Gasteiger charge is 2.23. The Labute approximate surface area is 117 Å². The molecule has 1 aliphatic rings.